The molecule has 1 heterocycles. The summed E-state index contributed by atoms with van der Waals surface area (Å²) < 4.78 is 0. The number of halogens is 1. The molecular formula is C11H13ClN2O. The number of benzene rings is 1. The van der Waals surface area contributed by atoms with Gasteiger partial charge in [-0.1, -0.05) is 24.6 Å². The highest BCUT2D eigenvalue weighted by Crippen LogP contribution is 2.29. The van der Waals surface area contributed by atoms with Crippen molar-refractivity contribution in [1.82, 2.24) is 5.32 Å². The van der Waals surface area contributed by atoms with Crippen molar-refractivity contribution < 1.29 is 4.79 Å². The smallest absolute Gasteiger partial charge is 0.228 e. The first-order valence-electron chi connectivity index (χ1n) is 5.02. The van der Waals surface area contributed by atoms with E-state index in [-0.39, 0.29) is 5.91 Å². The van der Waals surface area contributed by atoms with Gasteiger partial charge in [0.15, 0.2) is 0 Å². The molecule has 0 fully saturated rings. The van der Waals surface area contributed by atoms with Gasteiger partial charge in [-0.3, -0.25) is 4.79 Å². The van der Waals surface area contributed by atoms with E-state index in [1.807, 2.05) is 19.1 Å². The minimum Gasteiger partial charge on any atom is -0.325 e. The van der Waals surface area contributed by atoms with Crippen molar-refractivity contribution in [2.24, 2.45) is 0 Å². The van der Waals surface area contributed by atoms with Gasteiger partial charge in [-0.05, 0) is 23.7 Å². The Morgan fingerprint density at radius 1 is 1.53 bits per heavy atom. The number of amides is 1. The Kier molecular flexibility index (Phi) is 2.93. The molecule has 0 aliphatic carbocycles. The third-order valence-corrected chi connectivity index (χ3v) is 2.81. The molecule has 0 saturated carbocycles. The second-order valence-corrected chi connectivity index (χ2v) is 4.01. The van der Waals surface area contributed by atoms with E-state index in [2.05, 4.69) is 10.6 Å². The van der Waals surface area contributed by atoms with Crippen molar-refractivity contribution in [3.8, 4) is 0 Å². The number of carbonyl (C=O) groups is 1. The zero-order valence-electron chi connectivity index (χ0n) is 8.56. The van der Waals surface area contributed by atoms with Gasteiger partial charge >= 0.3 is 0 Å². The van der Waals surface area contributed by atoms with Crippen molar-refractivity contribution in [2.45, 2.75) is 19.9 Å². The molecule has 0 radical (unpaired) electrons. The summed E-state index contributed by atoms with van der Waals surface area (Å²) in [5.41, 5.74) is 2.94. The number of hydrogen-bond donors (Lipinski definition) is 2. The monoisotopic (exact) mass is 224 g/mol. The van der Waals surface area contributed by atoms with Crippen LogP contribution in [0.1, 0.15) is 18.1 Å². The molecule has 1 aliphatic heterocycles. The van der Waals surface area contributed by atoms with Crippen molar-refractivity contribution in [2.75, 3.05) is 11.9 Å². The maximum Gasteiger partial charge on any atom is 0.228 e. The van der Waals surface area contributed by atoms with Crippen molar-refractivity contribution in [3.05, 3.63) is 28.3 Å². The van der Waals surface area contributed by atoms with Crippen LogP contribution in [0.5, 0.6) is 0 Å². The topological polar surface area (TPSA) is 41.1 Å². The molecule has 80 valence electrons. The fourth-order valence-electron chi connectivity index (χ4n) is 1.69. The second kappa shape index (κ2) is 4.21. The third-order valence-electron chi connectivity index (χ3n) is 2.46. The van der Waals surface area contributed by atoms with Crippen molar-refractivity contribution in [3.63, 3.8) is 0 Å². The number of nitrogens with one attached hydrogen (secondary N) is 2. The zero-order valence-corrected chi connectivity index (χ0v) is 9.32. The van der Waals surface area contributed by atoms with Crippen molar-refractivity contribution in [1.29, 1.82) is 0 Å². The van der Waals surface area contributed by atoms with E-state index in [0.29, 0.717) is 11.4 Å². The summed E-state index contributed by atoms with van der Waals surface area (Å²) in [7, 11) is 0. The van der Waals surface area contributed by atoms with Crippen LogP contribution in [0.2, 0.25) is 5.02 Å². The van der Waals surface area contributed by atoms with Crippen LogP contribution in [0.4, 0.5) is 5.69 Å². The number of hydrogen-bond acceptors (Lipinski definition) is 2. The van der Waals surface area contributed by atoms with E-state index in [9.17, 15) is 4.79 Å². The fourth-order valence-corrected chi connectivity index (χ4v) is 1.92. The van der Waals surface area contributed by atoms with Gasteiger partial charge in [0.05, 0.1) is 6.42 Å². The van der Waals surface area contributed by atoms with Crippen LogP contribution in [0.15, 0.2) is 12.1 Å². The van der Waals surface area contributed by atoms with E-state index >= 15 is 0 Å². The largest absolute Gasteiger partial charge is 0.325 e. The molecule has 1 aromatic rings. The predicted molar refractivity (Wildman–Crippen MR) is 61.2 cm³/mol. The lowest BCUT2D eigenvalue weighted by molar-refractivity contribution is -0.115. The lowest BCUT2D eigenvalue weighted by Crippen LogP contribution is -2.12. The number of fused-ring (bicyclic) bond motifs is 1. The molecule has 4 heteroatoms. The molecule has 0 saturated heterocycles. The Hall–Kier alpha value is -1.06. The van der Waals surface area contributed by atoms with E-state index in [4.69, 9.17) is 11.6 Å². The Morgan fingerprint density at radius 2 is 2.33 bits per heavy atom. The second-order valence-electron chi connectivity index (χ2n) is 3.61. The van der Waals surface area contributed by atoms with Gasteiger partial charge in [0, 0.05) is 17.3 Å². The SMILES string of the molecule is CCNCc1cc2c(cc1Cl)NC(=O)C2. The lowest BCUT2D eigenvalue weighted by atomic mass is 10.1. The highest BCUT2D eigenvalue weighted by Gasteiger charge is 2.19. The van der Waals surface area contributed by atoms with Crippen LogP contribution in [-0.2, 0) is 17.8 Å². The van der Waals surface area contributed by atoms with Crippen LogP contribution in [-0.4, -0.2) is 12.5 Å². The molecule has 0 aromatic heterocycles. The van der Waals surface area contributed by atoms with E-state index in [1.165, 1.54) is 0 Å². The summed E-state index contributed by atoms with van der Waals surface area (Å²) in [6, 6.07) is 3.83. The van der Waals surface area contributed by atoms with Gasteiger partial charge < -0.3 is 10.6 Å². The minimum atomic E-state index is 0.0432. The summed E-state index contributed by atoms with van der Waals surface area (Å²) in [5, 5.41) is 6.70. The van der Waals surface area contributed by atoms with E-state index in [0.717, 1.165) is 29.9 Å². The maximum atomic E-state index is 11.2. The van der Waals surface area contributed by atoms with Crippen LogP contribution in [0, 0.1) is 0 Å². The van der Waals surface area contributed by atoms with E-state index in [1.54, 1.807) is 0 Å². The quantitative estimate of drug-likeness (QED) is 0.824. The summed E-state index contributed by atoms with van der Waals surface area (Å²) >= 11 is 6.10. The predicted octanol–water partition coefficient (Wildman–Crippen LogP) is 1.94. The minimum absolute atomic E-state index is 0.0432. The maximum absolute atomic E-state index is 11.2. The Morgan fingerprint density at radius 3 is 3.07 bits per heavy atom. The number of rotatable bonds is 3. The molecule has 0 unspecified atom stereocenters. The molecule has 0 atom stereocenters. The first-order chi connectivity index (χ1) is 7.20. The molecule has 15 heavy (non-hydrogen) atoms. The van der Waals surface area contributed by atoms with Gasteiger partial charge in [-0.2, -0.15) is 0 Å². The fraction of sp³-hybridized carbons (Fsp3) is 0.364. The molecule has 0 bridgehead atoms. The molecule has 2 N–H and O–H groups in total. The Labute approximate surface area is 93.8 Å². The first kappa shape index (κ1) is 10.5. The third kappa shape index (κ3) is 2.13. The van der Waals surface area contributed by atoms with Gasteiger partial charge in [-0.25, -0.2) is 0 Å². The molecule has 3 nitrogen and oxygen atoms in total. The standard InChI is InChI=1S/C11H13ClN2O/c1-2-13-6-8-3-7-4-11(15)14-10(7)5-9(8)12/h3,5,13H,2,4,6H2,1H3,(H,14,15). The average molecular weight is 225 g/mol. The first-order valence-corrected chi connectivity index (χ1v) is 5.40. The molecule has 1 amide bonds. The molecule has 1 aromatic carbocycles. The van der Waals surface area contributed by atoms with E-state index < -0.39 is 0 Å². The highest BCUT2D eigenvalue weighted by molar-refractivity contribution is 6.31. The van der Waals surface area contributed by atoms with Crippen molar-refractivity contribution >= 4 is 23.2 Å². The highest BCUT2D eigenvalue weighted by atomic mass is 35.5. The lowest BCUT2D eigenvalue weighted by Gasteiger charge is -2.07. The normalized spacial score (nSPS) is 13.9. The summed E-state index contributed by atoms with van der Waals surface area (Å²) in [5.74, 6) is 0.0432. The van der Waals surface area contributed by atoms with Crippen LogP contribution in [0.3, 0.4) is 0 Å². The van der Waals surface area contributed by atoms with Crippen LogP contribution in [0.25, 0.3) is 0 Å². The molecule has 0 spiro atoms. The van der Waals surface area contributed by atoms with Gasteiger partial charge in [-0.15, -0.1) is 0 Å². The van der Waals surface area contributed by atoms with Gasteiger partial charge in [0.2, 0.25) is 5.91 Å². The number of carbonyl (C=O) groups excluding carboxylic acids is 1. The van der Waals surface area contributed by atoms with Crippen LogP contribution < -0.4 is 10.6 Å². The summed E-state index contributed by atoms with van der Waals surface area (Å²) in [4.78, 5) is 11.2. The van der Waals surface area contributed by atoms with Gasteiger partial charge in [0.25, 0.3) is 0 Å². The molecule has 2 rings (SSSR count). The Balaban J connectivity index is 2.27. The average Bonchev–Trinajstić information content (AvgIpc) is 2.53. The van der Waals surface area contributed by atoms with Gasteiger partial charge in [0.1, 0.15) is 0 Å². The number of anilines is 1. The molecular weight excluding hydrogens is 212 g/mol. The summed E-state index contributed by atoms with van der Waals surface area (Å²) in [6.07, 6.45) is 0.464. The summed E-state index contributed by atoms with van der Waals surface area (Å²) in [6.45, 7) is 3.70. The Bertz CT molecular complexity index is 404. The zero-order chi connectivity index (χ0) is 10.8. The van der Waals surface area contributed by atoms with Crippen LogP contribution >= 0.6 is 11.6 Å². The molecule has 1 aliphatic rings.